The third-order valence-corrected chi connectivity index (χ3v) is 3.39. The van der Waals surface area contributed by atoms with Gasteiger partial charge in [0.05, 0.1) is 5.69 Å². The summed E-state index contributed by atoms with van der Waals surface area (Å²) in [5.74, 6) is -2.94. The number of hydrogen-bond acceptors (Lipinski definition) is 2. The fourth-order valence-corrected chi connectivity index (χ4v) is 2.32. The Morgan fingerprint density at radius 2 is 2.00 bits per heavy atom. The number of carbonyl (C=O) groups is 2. The Hall–Kier alpha value is -1.98. The highest BCUT2D eigenvalue weighted by Gasteiger charge is 2.39. The van der Waals surface area contributed by atoms with Crippen LogP contribution in [0, 0.1) is 11.6 Å². The molecule has 1 fully saturated rings. The van der Waals surface area contributed by atoms with Crippen LogP contribution in [0.4, 0.5) is 14.5 Å². The molecule has 6 heteroatoms. The lowest BCUT2D eigenvalue weighted by Gasteiger charge is -2.37. The molecule has 1 aliphatic rings. The zero-order chi connectivity index (χ0) is 14.9. The van der Waals surface area contributed by atoms with Crippen molar-refractivity contribution in [1.29, 1.82) is 0 Å². The first-order chi connectivity index (χ1) is 9.47. The van der Waals surface area contributed by atoms with Crippen molar-refractivity contribution >= 4 is 17.5 Å². The molecule has 1 aliphatic heterocycles. The average molecular weight is 282 g/mol. The smallest absolute Gasteiger partial charge is 0.250 e. The van der Waals surface area contributed by atoms with Gasteiger partial charge in [0.2, 0.25) is 11.8 Å². The van der Waals surface area contributed by atoms with Crippen molar-refractivity contribution in [3.8, 4) is 0 Å². The van der Waals surface area contributed by atoms with Gasteiger partial charge in [0.25, 0.3) is 0 Å². The lowest BCUT2D eigenvalue weighted by Crippen LogP contribution is -2.62. The first kappa shape index (κ1) is 14.4. The highest BCUT2D eigenvalue weighted by molar-refractivity contribution is 6.08. The monoisotopic (exact) mass is 282 g/mol. The van der Waals surface area contributed by atoms with Crippen LogP contribution in [-0.2, 0) is 9.59 Å². The second-order valence-corrected chi connectivity index (χ2v) is 4.81. The Bertz CT molecular complexity index is 548. The van der Waals surface area contributed by atoms with Gasteiger partial charge in [0.15, 0.2) is 11.6 Å². The van der Waals surface area contributed by atoms with Gasteiger partial charge in [-0.1, -0.05) is 19.4 Å². The maximum Gasteiger partial charge on any atom is 0.250 e. The van der Waals surface area contributed by atoms with Crippen molar-refractivity contribution < 1.29 is 18.4 Å². The molecule has 108 valence electrons. The van der Waals surface area contributed by atoms with Crippen LogP contribution in [0.1, 0.15) is 26.7 Å². The summed E-state index contributed by atoms with van der Waals surface area (Å²) in [4.78, 5) is 25.3. The van der Waals surface area contributed by atoms with E-state index in [-0.39, 0.29) is 11.6 Å². The molecule has 2 atom stereocenters. The fraction of sp³-hybridized carbons (Fsp3) is 0.429. The molecule has 0 aromatic heterocycles. The number of hydrogen-bond donors (Lipinski definition) is 1. The number of halogens is 2. The van der Waals surface area contributed by atoms with E-state index in [9.17, 15) is 18.4 Å². The molecule has 0 radical (unpaired) electrons. The maximum atomic E-state index is 13.9. The third-order valence-electron chi connectivity index (χ3n) is 3.39. The Labute approximate surface area is 115 Å². The largest absolute Gasteiger partial charge is 0.342 e. The SMILES string of the molecule is CCCC1NC(=O)C(C)N(c2cccc(F)c2F)C1=O. The predicted octanol–water partition coefficient (Wildman–Crippen LogP) is 1.98. The first-order valence-corrected chi connectivity index (χ1v) is 6.54. The third kappa shape index (κ3) is 2.37. The standard InChI is InChI=1S/C14H16F2N2O2/c1-3-5-10-14(20)18(8(2)13(19)17-10)11-7-4-6-9(15)12(11)16/h4,6-8,10H,3,5H2,1-2H3,(H,17,19). The molecular formula is C14H16F2N2O2. The summed E-state index contributed by atoms with van der Waals surface area (Å²) < 4.78 is 27.2. The summed E-state index contributed by atoms with van der Waals surface area (Å²) in [5.41, 5.74) is -0.196. The molecule has 2 rings (SSSR count). The molecule has 0 bridgehead atoms. The zero-order valence-electron chi connectivity index (χ0n) is 11.3. The van der Waals surface area contributed by atoms with Gasteiger partial charge in [-0.25, -0.2) is 8.78 Å². The van der Waals surface area contributed by atoms with E-state index < -0.39 is 29.6 Å². The minimum absolute atomic E-state index is 0.196. The number of anilines is 1. The molecule has 1 aromatic carbocycles. The van der Waals surface area contributed by atoms with Gasteiger partial charge >= 0.3 is 0 Å². The summed E-state index contributed by atoms with van der Waals surface area (Å²) >= 11 is 0. The van der Waals surface area contributed by atoms with Gasteiger partial charge in [-0.05, 0) is 25.5 Å². The molecule has 1 heterocycles. The first-order valence-electron chi connectivity index (χ1n) is 6.54. The van der Waals surface area contributed by atoms with Gasteiger partial charge in [-0.2, -0.15) is 0 Å². The molecule has 2 unspecified atom stereocenters. The lowest BCUT2D eigenvalue weighted by molar-refractivity contribution is -0.133. The molecule has 2 amide bonds. The van der Waals surface area contributed by atoms with Crippen LogP contribution in [-0.4, -0.2) is 23.9 Å². The van der Waals surface area contributed by atoms with Crippen LogP contribution in [0.5, 0.6) is 0 Å². The molecule has 20 heavy (non-hydrogen) atoms. The van der Waals surface area contributed by atoms with Crippen LogP contribution in [0.3, 0.4) is 0 Å². The number of amides is 2. The van der Waals surface area contributed by atoms with E-state index in [0.717, 1.165) is 11.0 Å². The number of rotatable bonds is 3. The minimum atomic E-state index is -1.11. The molecule has 0 aliphatic carbocycles. The van der Waals surface area contributed by atoms with Crippen LogP contribution < -0.4 is 10.2 Å². The molecule has 1 N–H and O–H groups in total. The van der Waals surface area contributed by atoms with Crippen LogP contribution in [0.2, 0.25) is 0 Å². The van der Waals surface area contributed by atoms with E-state index in [4.69, 9.17) is 0 Å². The van der Waals surface area contributed by atoms with Crippen LogP contribution in [0.15, 0.2) is 18.2 Å². The highest BCUT2D eigenvalue weighted by Crippen LogP contribution is 2.26. The second kappa shape index (κ2) is 5.56. The van der Waals surface area contributed by atoms with Crippen molar-refractivity contribution in [3.63, 3.8) is 0 Å². The summed E-state index contributed by atoms with van der Waals surface area (Å²) in [6, 6.07) is 2.03. The van der Waals surface area contributed by atoms with Crippen LogP contribution in [0.25, 0.3) is 0 Å². The summed E-state index contributed by atoms with van der Waals surface area (Å²) in [6.07, 6.45) is 1.16. The Morgan fingerprint density at radius 3 is 2.65 bits per heavy atom. The number of benzene rings is 1. The van der Waals surface area contributed by atoms with E-state index in [1.807, 2.05) is 6.92 Å². The molecule has 1 aromatic rings. The van der Waals surface area contributed by atoms with Crippen molar-refractivity contribution in [2.45, 2.75) is 38.8 Å². The topological polar surface area (TPSA) is 49.4 Å². The number of nitrogens with one attached hydrogen (secondary N) is 1. The lowest BCUT2D eigenvalue weighted by atomic mass is 10.0. The van der Waals surface area contributed by atoms with Gasteiger partial charge in [0.1, 0.15) is 12.1 Å². The summed E-state index contributed by atoms with van der Waals surface area (Å²) in [5, 5.41) is 2.60. The van der Waals surface area contributed by atoms with Gasteiger partial charge in [-0.3, -0.25) is 14.5 Å². The molecule has 0 saturated carbocycles. The van der Waals surface area contributed by atoms with Crippen molar-refractivity contribution in [3.05, 3.63) is 29.8 Å². The van der Waals surface area contributed by atoms with Gasteiger partial charge in [-0.15, -0.1) is 0 Å². The average Bonchev–Trinajstić information content (AvgIpc) is 2.41. The second-order valence-electron chi connectivity index (χ2n) is 4.81. The quantitative estimate of drug-likeness (QED) is 0.921. The summed E-state index contributed by atoms with van der Waals surface area (Å²) in [6.45, 7) is 3.37. The summed E-state index contributed by atoms with van der Waals surface area (Å²) in [7, 11) is 0. The molecule has 4 nitrogen and oxygen atoms in total. The minimum Gasteiger partial charge on any atom is -0.342 e. The molecular weight excluding hydrogens is 266 g/mol. The van der Waals surface area contributed by atoms with E-state index in [0.29, 0.717) is 12.8 Å². The highest BCUT2D eigenvalue weighted by atomic mass is 19.2. The van der Waals surface area contributed by atoms with Crippen molar-refractivity contribution in [2.75, 3.05) is 4.90 Å². The number of piperazine rings is 1. The Balaban J connectivity index is 2.43. The zero-order valence-corrected chi connectivity index (χ0v) is 11.3. The van der Waals surface area contributed by atoms with Crippen molar-refractivity contribution in [1.82, 2.24) is 5.32 Å². The van der Waals surface area contributed by atoms with Crippen LogP contribution >= 0.6 is 0 Å². The van der Waals surface area contributed by atoms with E-state index >= 15 is 0 Å². The molecule has 0 spiro atoms. The molecule has 1 saturated heterocycles. The predicted molar refractivity (Wildman–Crippen MR) is 70.1 cm³/mol. The number of nitrogens with zero attached hydrogens (tertiary/aromatic N) is 1. The van der Waals surface area contributed by atoms with Gasteiger partial charge in [0, 0.05) is 0 Å². The Morgan fingerprint density at radius 1 is 1.30 bits per heavy atom. The van der Waals surface area contributed by atoms with E-state index in [2.05, 4.69) is 5.32 Å². The normalized spacial score (nSPS) is 22.9. The number of carbonyl (C=O) groups excluding carboxylic acids is 2. The van der Waals surface area contributed by atoms with E-state index in [1.165, 1.54) is 19.1 Å². The maximum absolute atomic E-state index is 13.9. The van der Waals surface area contributed by atoms with Crippen molar-refractivity contribution in [2.24, 2.45) is 0 Å². The Kier molecular flexibility index (Phi) is 4.01. The fourth-order valence-electron chi connectivity index (χ4n) is 2.32. The van der Waals surface area contributed by atoms with Gasteiger partial charge < -0.3 is 5.32 Å². The van der Waals surface area contributed by atoms with E-state index in [1.54, 1.807) is 0 Å².